The molecule has 1 atom stereocenters. The Morgan fingerprint density at radius 2 is 2.00 bits per heavy atom. The van der Waals surface area contributed by atoms with Crippen LogP contribution in [0.5, 0.6) is 0 Å². The molecule has 1 aromatic carbocycles. The first-order chi connectivity index (χ1) is 9.56. The minimum Gasteiger partial charge on any atom is -0.315 e. The van der Waals surface area contributed by atoms with Gasteiger partial charge in [0, 0.05) is 12.6 Å². The van der Waals surface area contributed by atoms with Gasteiger partial charge in [-0.1, -0.05) is 19.9 Å². The summed E-state index contributed by atoms with van der Waals surface area (Å²) in [6.45, 7) is 5.84. The van der Waals surface area contributed by atoms with Crippen molar-refractivity contribution < 1.29 is 8.42 Å². The van der Waals surface area contributed by atoms with Crippen LogP contribution in [-0.2, 0) is 22.9 Å². The molecule has 5 heteroatoms. The summed E-state index contributed by atoms with van der Waals surface area (Å²) in [5.41, 5.74) is 2.35. The number of benzene rings is 1. The fourth-order valence-corrected chi connectivity index (χ4v) is 4.00. The van der Waals surface area contributed by atoms with Crippen LogP contribution in [0.3, 0.4) is 0 Å². The van der Waals surface area contributed by atoms with Gasteiger partial charge in [-0.15, -0.1) is 0 Å². The number of hydrogen-bond acceptors (Lipinski definition) is 3. The second-order valence-electron chi connectivity index (χ2n) is 5.30. The molecule has 1 aromatic rings. The maximum Gasteiger partial charge on any atom is 0.240 e. The molecule has 1 aliphatic heterocycles. The Labute approximate surface area is 122 Å². The molecule has 1 aliphatic rings. The first-order valence-electron chi connectivity index (χ1n) is 7.41. The van der Waals surface area contributed by atoms with Gasteiger partial charge in [-0.25, -0.2) is 13.1 Å². The van der Waals surface area contributed by atoms with Gasteiger partial charge < -0.3 is 5.32 Å². The van der Waals surface area contributed by atoms with Gasteiger partial charge in [-0.3, -0.25) is 0 Å². The van der Waals surface area contributed by atoms with Crippen molar-refractivity contribution in [2.24, 2.45) is 0 Å². The zero-order valence-electron chi connectivity index (χ0n) is 12.3. The molecule has 0 amide bonds. The SMILES string of the molecule is CCc1ccc(S(=O)(=O)NC2CCCNC2)cc1CC. The lowest BCUT2D eigenvalue weighted by molar-refractivity contribution is 0.428. The van der Waals surface area contributed by atoms with Crippen molar-refractivity contribution in [3.8, 4) is 0 Å². The zero-order chi connectivity index (χ0) is 14.6. The number of sulfonamides is 1. The number of piperidine rings is 1. The number of rotatable bonds is 5. The van der Waals surface area contributed by atoms with E-state index >= 15 is 0 Å². The van der Waals surface area contributed by atoms with E-state index in [4.69, 9.17) is 0 Å². The Morgan fingerprint density at radius 1 is 1.25 bits per heavy atom. The minimum atomic E-state index is -3.41. The highest BCUT2D eigenvalue weighted by Gasteiger charge is 2.22. The van der Waals surface area contributed by atoms with Gasteiger partial charge in [-0.2, -0.15) is 0 Å². The molecule has 1 heterocycles. The van der Waals surface area contributed by atoms with Crippen LogP contribution in [0.2, 0.25) is 0 Å². The first-order valence-corrected chi connectivity index (χ1v) is 8.90. The molecule has 0 saturated carbocycles. The number of nitrogens with one attached hydrogen (secondary N) is 2. The quantitative estimate of drug-likeness (QED) is 0.872. The maximum absolute atomic E-state index is 12.4. The summed E-state index contributed by atoms with van der Waals surface area (Å²) in [4.78, 5) is 0.386. The molecular formula is C15H24N2O2S. The summed E-state index contributed by atoms with van der Waals surface area (Å²) in [7, 11) is -3.41. The standard InChI is InChI=1S/C15H24N2O2S/c1-3-12-7-8-15(10-13(12)4-2)20(18,19)17-14-6-5-9-16-11-14/h7-8,10,14,16-17H,3-6,9,11H2,1-2H3. The van der Waals surface area contributed by atoms with Crippen LogP contribution < -0.4 is 10.0 Å². The molecule has 0 spiro atoms. The van der Waals surface area contributed by atoms with Crippen LogP contribution in [0, 0.1) is 0 Å². The molecule has 1 fully saturated rings. The Hall–Kier alpha value is -0.910. The van der Waals surface area contributed by atoms with E-state index in [9.17, 15) is 8.42 Å². The summed E-state index contributed by atoms with van der Waals surface area (Å²) in [6, 6.07) is 5.48. The van der Waals surface area contributed by atoms with Crippen LogP contribution in [-0.4, -0.2) is 27.5 Å². The molecule has 2 rings (SSSR count). The average Bonchev–Trinajstić information content (AvgIpc) is 2.47. The molecule has 1 saturated heterocycles. The third-order valence-electron chi connectivity index (χ3n) is 3.87. The largest absolute Gasteiger partial charge is 0.315 e. The van der Waals surface area contributed by atoms with E-state index in [-0.39, 0.29) is 6.04 Å². The molecule has 4 nitrogen and oxygen atoms in total. The second-order valence-corrected chi connectivity index (χ2v) is 7.02. The van der Waals surface area contributed by atoms with Gasteiger partial charge in [0.1, 0.15) is 0 Å². The van der Waals surface area contributed by atoms with Crippen molar-refractivity contribution in [1.29, 1.82) is 0 Å². The molecule has 2 N–H and O–H groups in total. The van der Waals surface area contributed by atoms with E-state index in [0.717, 1.165) is 37.8 Å². The lowest BCUT2D eigenvalue weighted by Crippen LogP contribution is -2.45. The van der Waals surface area contributed by atoms with E-state index in [0.29, 0.717) is 11.4 Å². The minimum absolute atomic E-state index is 0.00433. The van der Waals surface area contributed by atoms with Crippen molar-refractivity contribution in [2.45, 2.75) is 50.5 Å². The third-order valence-corrected chi connectivity index (χ3v) is 5.39. The van der Waals surface area contributed by atoms with Crippen molar-refractivity contribution in [2.75, 3.05) is 13.1 Å². The highest BCUT2D eigenvalue weighted by atomic mass is 32.2. The van der Waals surface area contributed by atoms with Crippen LogP contribution >= 0.6 is 0 Å². The van der Waals surface area contributed by atoms with Gasteiger partial charge >= 0.3 is 0 Å². The monoisotopic (exact) mass is 296 g/mol. The van der Waals surface area contributed by atoms with Crippen molar-refractivity contribution in [3.05, 3.63) is 29.3 Å². The van der Waals surface area contributed by atoms with Gasteiger partial charge in [0.15, 0.2) is 0 Å². The normalized spacial score (nSPS) is 20.0. The van der Waals surface area contributed by atoms with Crippen LogP contribution in [0.15, 0.2) is 23.1 Å². The lowest BCUT2D eigenvalue weighted by atomic mass is 10.0. The van der Waals surface area contributed by atoms with Crippen molar-refractivity contribution in [1.82, 2.24) is 10.0 Å². The predicted molar refractivity (Wildman–Crippen MR) is 81.4 cm³/mol. The molecule has 0 bridgehead atoms. The molecule has 0 aromatic heterocycles. The summed E-state index contributed by atoms with van der Waals surface area (Å²) in [5.74, 6) is 0. The smallest absolute Gasteiger partial charge is 0.240 e. The molecular weight excluding hydrogens is 272 g/mol. The Bertz CT molecular complexity index is 549. The fourth-order valence-electron chi connectivity index (χ4n) is 2.68. The van der Waals surface area contributed by atoms with E-state index in [1.165, 1.54) is 5.56 Å². The lowest BCUT2D eigenvalue weighted by Gasteiger charge is -2.23. The van der Waals surface area contributed by atoms with E-state index in [1.54, 1.807) is 6.07 Å². The highest BCUT2D eigenvalue weighted by molar-refractivity contribution is 7.89. The zero-order valence-corrected chi connectivity index (χ0v) is 13.1. The summed E-state index contributed by atoms with van der Waals surface area (Å²) >= 11 is 0. The molecule has 0 radical (unpaired) electrons. The Morgan fingerprint density at radius 3 is 2.60 bits per heavy atom. The highest BCUT2D eigenvalue weighted by Crippen LogP contribution is 2.18. The van der Waals surface area contributed by atoms with Gasteiger partial charge in [-0.05, 0) is 55.5 Å². The first kappa shape index (κ1) is 15.5. The maximum atomic E-state index is 12.4. The van der Waals surface area contributed by atoms with Gasteiger partial charge in [0.05, 0.1) is 4.90 Å². The average molecular weight is 296 g/mol. The molecule has 0 aliphatic carbocycles. The van der Waals surface area contributed by atoms with Crippen LogP contribution in [0.4, 0.5) is 0 Å². The topological polar surface area (TPSA) is 58.2 Å². The van der Waals surface area contributed by atoms with Crippen molar-refractivity contribution in [3.63, 3.8) is 0 Å². The second kappa shape index (κ2) is 6.70. The number of aryl methyl sites for hydroxylation is 2. The summed E-state index contributed by atoms with van der Waals surface area (Å²) in [5, 5.41) is 3.22. The molecule has 20 heavy (non-hydrogen) atoms. The summed E-state index contributed by atoms with van der Waals surface area (Å²) < 4.78 is 27.7. The van der Waals surface area contributed by atoms with Gasteiger partial charge in [0.2, 0.25) is 10.0 Å². The van der Waals surface area contributed by atoms with Crippen LogP contribution in [0.1, 0.15) is 37.8 Å². The van der Waals surface area contributed by atoms with E-state index in [1.807, 2.05) is 12.1 Å². The fraction of sp³-hybridized carbons (Fsp3) is 0.600. The third kappa shape index (κ3) is 3.59. The predicted octanol–water partition coefficient (Wildman–Crippen LogP) is 1.84. The van der Waals surface area contributed by atoms with Gasteiger partial charge in [0.25, 0.3) is 0 Å². The molecule has 1 unspecified atom stereocenters. The number of hydrogen-bond donors (Lipinski definition) is 2. The Balaban J connectivity index is 2.20. The Kier molecular flexibility index (Phi) is 5.18. The summed E-state index contributed by atoms with van der Waals surface area (Å²) in [6.07, 6.45) is 3.71. The van der Waals surface area contributed by atoms with Crippen molar-refractivity contribution >= 4 is 10.0 Å². The van der Waals surface area contributed by atoms with Crippen LogP contribution in [0.25, 0.3) is 0 Å². The molecule has 112 valence electrons. The van der Waals surface area contributed by atoms with E-state index < -0.39 is 10.0 Å². The van der Waals surface area contributed by atoms with E-state index in [2.05, 4.69) is 23.9 Å².